The zero-order valence-electron chi connectivity index (χ0n) is 10.3. The highest BCUT2D eigenvalue weighted by Crippen LogP contribution is 2.19. The minimum absolute atomic E-state index is 0.323. The molecule has 1 N–H and O–H groups in total. The third kappa shape index (κ3) is 3.05. The van der Waals surface area contributed by atoms with Gasteiger partial charge in [-0.25, -0.2) is 4.39 Å². The number of aromatic nitrogens is 1. The second-order valence-corrected chi connectivity index (χ2v) is 4.61. The molecule has 96 valence electrons. The number of halogens is 2. The summed E-state index contributed by atoms with van der Waals surface area (Å²) in [5.41, 5.74) is 1.62. The number of aryl methyl sites for hydroxylation is 1. The van der Waals surface area contributed by atoms with Gasteiger partial charge in [0, 0.05) is 23.5 Å². The lowest BCUT2D eigenvalue weighted by Crippen LogP contribution is -2.07. The Morgan fingerprint density at radius 3 is 2.89 bits per heavy atom. The fraction of sp³-hybridized carbons (Fsp3) is 0.286. The van der Waals surface area contributed by atoms with E-state index in [0.29, 0.717) is 17.3 Å². The van der Waals surface area contributed by atoms with Crippen LogP contribution in [0.1, 0.15) is 19.0 Å². The van der Waals surface area contributed by atoms with Gasteiger partial charge in [0.25, 0.3) is 0 Å². The van der Waals surface area contributed by atoms with Crippen molar-refractivity contribution in [2.24, 2.45) is 0 Å². The smallest absolute Gasteiger partial charge is 0.147 e. The van der Waals surface area contributed by atoms with Gasteiger partial charge in [0.1, 0.15) is 5.82 Å². The number of benzene rings is 1. The molecular formula is C14H16ClFN2. The van der Waals surface area contributed by atoms with Crippen molar-refractivity contribution in [3.8, 4) is 0 Å². The van der Waals surface area contributed by atoms with Crippen molar-refractivity contribution in [3.63, 3.8) is 0 Å². The molecule has 1 heterocycles. The van der Waals surface area contributed by atoms with Gasteiger partial charge in [0.15, 0.2) is 0 Å². The maximum atomic E-state index is 13.6. The molecule has 1 aromatic heterocycles. The topological polar surface area (TPSA) is 17.0 Å². The number of hydrogen-bond acceptors (Lipinski definition) is 1. The molecule has 0 saturated carbocycles. The lowest BCUT2D eigenvalue weighted by molar-refractivity contribution is 0.627. The van der Waals surface area contributed by atoms with Gasteiger partial charge in [-0.3, -0.25) is 0 Å². The largest absolute Gasteiger partial charge is 0.377 e. The van der Waals surface area contributed by atoms with Crippen LogP contribution in [0.4, 0.5) is 10.1 Å². The first-order valence-electron chi connectivity index (χ1n) is 6.03. The Kier molecular flexibility index (Phi) is 4.26. The van der Waals surface area contributed by atoms with Crippen molar-refractivity contribution in [1.29, 1.82) is 0 Å². The van der Waals surface area contributed by atoms with Gasteiger partial charge in [0.2, 0.25) is 0 Å². The molecule has 0 aliphatic carbocycles. The number of anilines is 1. The van der Waals surface area contributed by atoms with Gasteiger partial charge >= 0.3 is 0 Å². The summed E-state index contributed by atoms with van der Waals surface area (Å²) in [6.45, 7) is 3.72. The van der Waals surface area contributed by atoms with Crippen LogP contribution in [0.2, 0.25) is 5.02 Å². The first-order valence-corrected chi connectivity index (χ1v) is 6.41. The van der Waals surface area contributed by atoms with Crippen LogP contribution in [0, 0.1) is 5.82 Å². The molecule has 0 radical (unpaired) electrons. The molecule has 2 rings (SSSR count). The Bertz CT molecular complexity index is 522. The van der Waals surface area contributed by atoms with Crippen LogP contribution in [0.3, 0.4) is 0 Å². The van der Waals surface area contributed by atoms with Crippen LogP contribution >= 0.6 is 11.6 Å². The van der Waals surface area contributed by atoms with Crippen molar-refractivity contribution >= 4 is 17.3 Å². The highest BCUT2D eigenvalue weighted by molar-refractivity contribution is 6.30. The predicted octanol–water partition coefficient (Wildman–Crippen LogP) is 4.30. The predicted molar refractivity (Wildman–Crippen MR) is 73.5 cm³/mol. The average Bonchev–Trinajstić information content (AvgIpc) is 2.76. The lowest BCUT2D eigenvalue weighted by atomic mass is 10.3. The first kappa shape index (κ1) is 13.0. The van der Waals surface area contributed by atoms with E-state index in [0.717, 1.165) is 18.7 Å². The average molecular weight is 267 g/mol. The van der Waals surface area contributed by atoms with Gasteiger partial charge in [-0.2, -0.15) is 0 Å². The first-order chi connectivity index (χ1) is 8.70. The minimum atomic E-state index is -0.323. The SMILES string of the molecule is CCCn1cccc1CNc1ccc(Cl)cc1F. The van der Waals surface area contributed by atoms with E-state index in [1.165, 1.54) is 6.07 Å². The number of nitrogens with zero attached hydrogens (tertiary/aromatic N) is 1. The summed E-state index contributed by atoms with van der Waals surface area (Å²) in [7, 11) is 0. The second kappa shape index (κ2) is 5.91. The third-order valence-corrected chi connectivity index (χ3v) is 3.01. The van der Waals surface area contributed by atoms with E-state index in [4.69, 9.17) is 11.6 Å². The summed E-state index contributed by atoms with van der Waals surface area (Å²) in [5, 5.41) is 3.50. The summed E-state index contributed by atoms with van der Waals surface area (Å²) in [6.07, 6.45) is 3.12. The molecule has 4 heteroatoms. The van der Waals surface area contributed by atoms with Crippen molar-refractivity contribution in [3.05, 3.63) is 53.1 Å². The van der Waals surface area contributed by atoms with Crippen LogP contribution in [0.25, 0.3) is 0 Å². The van der Waals surface area contributed by atoms with E-state index in [-0.39, 0.29) is 5.82 Å². The summed E-state index contributed by atoms with van der Waals surface area (Å²) in [5.74, 6) is -0.323. The minimum Gasteiger partial charge on any atom is -0.377 e. The Balaban J connectivity index is 2.04. The van der Waals surface area contributed by atoms with Crippen molar-refractivity contribution in [2.75, 3.05) is 5.32 Å². The standard InChI is InChI=1S/C14H16ClFN2/c1-2-7-18-8-3-4-12(18)10-17-14-6-5-11(15)9-13(14)16/h3-6,8-9,17H,2,7,10H2,1H3. The summed E-state index contributed by atoms with van der Waals surface area (Å²) >= 11 is 5.71. The molecule has 0 amide bonds. The zero-order chi connectivity index (χ0) is 13.0. The Hall–Kier alpha value is -1.48. The quantitative estimate of drug-likeness (QED) is 0.854. The zero-order valence-corrected chi connectivity index (χ0v) is 11.0. The van der Waals surface area contributed by atoms with Crippen LogP contribution in [-0.4, -0.2) is 4.57 Å². The maximum Gasteiger partial charge on any atom is 0.147 e. The highest BCUT2D eigenvalue weighted by Gasteiger charge is 2.04. The van der Waals surface area contributed by atoms with Gasteiger partial charge in [-0.05, 0) is 36.8 Å². The third-order valence-electron chi connectivity index (χ3n) is 2.78. The van der Waals surface area contributed by atoms with Gasteiger partial charge in [0.05, 0.1) is 12.2 Å². The monoisotopic (exact) mass is 266 g/mol. The van der Waals surface area contributed by atoms with E-state index in [1.54, 1.807) is 12.1 Å². The molecule has 0 fully saturated rings. The van der Waals surface area contributed by atoms with Crippen molar-refractivity contribution < 1.29 is 4.39 Å². The van der Waals surface area contributed by atoms with Crippen LogP contribution in [0.15, 0.2) is 36.5 Å². The maximum absolute atomic E-state index is 13.6. The molecule has 1 aromatic carbocycles. The fourth-order valence-electron chi connectivity index (χ4n) is 1.89. The van der Waals surface area contributed by atoms with E-state index in [1.807, 2.05) is 18.3 Å². The molecule has 0 aliphatic rings. The van der Waals surface area contributed by atoms with E-state index in [2.05, 4.69) is 16.8 Å². The van der Waals surface area contributed by atoms with Gasteiger partial charge in [-0.15, -0.1) is 0 Å². The number of nitrogens with one attached hydrogen (secondary N) is 1. The van der Waals surface area contributed by atoms with Crippen molar-refractivity contribution in [1.82, 2.24) is 4.57 Å². The molecule has 0 bridgehead atoms. The molecule has 18 heavy (non-hydrogen) atoms. The van der Waals surface area contributed by atoms with Crippen molar-refractivity contribution in [2.45, 2.75) is 26.4 Å². The highest BCUT2D eigenvalue weighted by atomic mass is 35.5. The van der Waals surface area contributed by atoms with Crippen LogP contribution in [0.5, 0.6) is 0 Å². The fourth-order valence-corrected chi connectivity index (χ4v) is 2.05. The molecular weight excluding hydrogens is 251 g/mol. The Morgan fingerprint density at radius 1 is 1.33 bits per heavy atom. The van der Waals surface area contributed by atoms with E-state index < -0.39 is 0 Å². The summed E-state index contributed by atoms with van der Waals surface area (Å²) in [6, 6.07) is 8.69. The molecule has 2 nitrogen and oxygen atoms in total. The summed E-state index contributed by atoms with van der Waals surface area (Å²) in [4.78, 5) is 0. The van der Waals surface area contributed by atoms with E-state index >= 15 is 0 Å². The molecule has 0 unspecified atom stereocenters. The van der Waals surface area contributed by atoms with Crippen LogP contribution in [-0.2, 0) is 13.1 Å². The van der Waals surface area contributed by atoms with Gasteiger partial charge < -0.3 is 9.88 Å². The van der Waals surface area contributed by atoms with Crippen LogP contribution < -0.4 is 5.32 Å². The Labute approximate surface area is 111 Å². The second-order valence-electron chi connectivity index (χ2n) is 4.17. The number of rotatable bonds is 5. The summed E-state index contributed by atoms with van der Waals surface area (Å²) < 4.78 is 15.7. The molecule has 0 spiro atoms. The normalized spacial score (nSPS) is 10.6. The molecule has 0 aliphatic heterocycles. The molecule has 2 aromatic rings. The molecule has 0 saturated heterocycles. The van der Waals surface area contributed by atoms with E-state index in [9.17, 15) is 4.39 Å². The van der Waals surface area contributed by atoms with Gasteiger partial charge in [-0.1, -0.05) is 18.5 Å². The molecule has 0 atom stereocenters. The lowest BCUT2D eigenvalue weighted by Gasteiger charge is -2.11. The number of hydrogen-bond donors (Lipinski definition) is 1. The Morgan fingerprint density at radius 2 is 2.17 bits per heavy atom.